The molecule has 0 aromatic carbocycles. The molecule has 0 amide bonds. The maximum absolute atomic E-state index is 12.8. The largest absolute Gasteiger partial charge is 0.433 e. The van der Waals surface area contributed by atoms with Gasteiger partial charge in [0.1, 0.15) is 0 Å². The second-order valence-corrected chi connectivity index (χ2v) is 4.39. The van der Waals surface area contributed by atoms with Gasteiger partial charge >= 0.3 is 6.18 Å². The molecule has 0 unspecified atom stereocenters. The molecule has 20 heavy (non-hydrogen) atoms. The average molecular weight is 285 g/mol. The van der Waals surface area contributed by atoms with Gasteiger partial charge in [-0.15, -0.1) is 0 Å². The third-order valence-corrected chi connectivity index (χ3v) is 3.10. The molecule has 0 fully saturated rings. The van der Waals surface area contributed by atoms with Gasteiger partial charge in [-0.2, -0.15) is 23.3 Å². The highest BCUT2D eigenvalue weighted by molar-refractivity contribution is 5.38. The summed E-state index contributed by atoms with van der Waals surface area (Å²) in [6.07, 6.45) is -4.53. The van der Waals surface area contributed by atoms with Crippen LogP contribution in [-0.2, 0) is 6.18 Å². The van der Waals surface area contributed by atoms with Crippen molar-refractivity contribution in [2.75, 3.05) is 12.4 Å². The molecule has 2 aromatic rings. The Morgan fingerprint density at radius 2 is 1.80 bits per heavy atom. The number of rotatable bonds is 2. The molecular weight excluding hydrogens is 271 g/mol. The number of anilines is 1. The number of alkyl halides is 3. The van der Waals surface area contributed by atoms with Gasteiger partial charge in [0.2, 0.25) is 5.95 Å². The lowest BCUT2D eigenvalue weighted by atomic mass is 10.2. The normalized spacial score (nSPS) is 11.8. The Bertz CT molecular complexity index is 645. The minimum absolute atomic E-state index is 0.0883. The Kier molecular flexibility index (Phi) is 3.41. The second-order valence-electron chi connectivity index (χ2n) is 4.39. The molecule has 0 aliphatic rings. The van der Waals surface area contributed by atoms with Crippen molar-refractivity contribution in [2.24, 2.45) is 0 Å². The third kappa shape index (κ3) is 2.45. The van der Waals surface area contributed by atoms with Gasteiger partial charge in [-0.3, -0.25) is 0 Å². The summed E-state index contributed by atoms with van der Waals surface area (Å²) in [7, 11) is 1.46. The fraction of sp³-hybridized carbons (Fsp3) is 0.417. The van der Waals surface area contributed by atoms with Gasteiger partial charge in [-0.1, -0.05) is 0 Å². The Balaban J connectivity index is 2.64. The first-order chi connectivity index (χ1) is 9.24. The van der Waals surface area contributed by atoms with Crippen LogP contribution in [0.2, 0.25) is 0 Å². The van der Waals surface area contributed by atoms with Crippen molar-refractivity contribution in [2.45, 2.75) is 26.9 Å². The SMILES string of the molecule is CNc1nc(-n2nc(C)c(C)c2C)cc(C(F)(F)F)n1. The summed E-state index contributed by atoms with van der Waals surface area (Å²) >= 11 is 0. The molecule has 0 saturated carbocycles. The fourth-order valence-electron chi connectivity index (χ4n) is 1.74. The first-order valence-electron chi connectivity index (χ1n) is 5.91. The van der Waals surface area contributed by atoms with Crippen molar-refractivity contribution in [1.82, 2.24) is 19.7 Å². The van der Waals surface area contributed by atoms with E-state index in [1.165, 1.54) is 11.7 Å². The number of hydrogen-bond donors (Lipinski definition) is 1. The summed E-state index contributed by atoms with van der Waals surface area (Å²) in [5.41, 5.74) is 1.41. The minimum Gasteiger partial charge on any atom is -0.357 e. The van der Waals surface area contributed by atoms with E-state index < -0.39 is 11.9 Å². The molecular formula is C12H14F3N5. The molecule has 108 valence electrons. The van der Waals surface area contributed by atoms with Gasteiger partial charge in [0.05, 0.1) is 5.69 Å². The number of hydrogen-bond acceptors (Lipinski definition) is 4. The van der Waals surface area contributed by atoms with Crippen molar-refractivity contribution in [3.8, 4) is 5.82 Å². The summed E-state index contributed by atoms with van der Waals surface area (Å²) in [4.78, 5) is 7.45. The summed E-state index contributed by atoms with van der Waals surface area (Å²) in [5, 5.41) is 6.74. The highest BCUT2D eigenvalue weighted by Gasteiger charge is 2.34. The van der Waals surface area contributed by atoms with Gasteiger partial charge in [0, 0.05) is 18.8 Å². The molecule has 1 N–H and O–H groups in total. The van der Waals surface area contributed by atoms with Crippen molar-refractivity contribution in [3.63, 3.8) is 0 Å². The standard InChI is InChI=1S/C12H14F3N5/c1-6-7(2)19-20(8(6)3)10-5-9(12(13,14)15)17-11(16-4)18-10/h5H,1-4H3,(H,16,17,18). The molecule has 5 nitrogen and oxygen atoms in total. The summed E-state index contributed by atoms with van der Waals surface area (Å²) in [5.74, 6) is -0.00888. The molecule has 2 aromatic heterocycles. The van der Waals surface area contributed by atoms with Gasteiger partial charge in [-0.25, -0.2) is 9.67 Å². The van der Waals surface area contributed by atoms with E-state index in [2.05, 4.69) is 20.4 Å². The molecule has 0 aliphatic carbocycles. The van der Waals surface area contributed by atoms with E-state index in [0.29, 0.717) is 0 Å². The molecule has 0 radical (unpaired) electrons. The van der Waals surface area contributed by atoms with Crippen molar-refractivity contribution >= 4 is 5.95 Å². The van der Waals surface area contributed by atoms with E-state index >= 15 is 0 Å². The van der Waals surface area contributed by atoms with Gasteiger partial charge < -0.3 is 5.32 Å². The maximum Gasteiger partial charge on any atom is 0.433 e. The first kappa shape index (κ1) is 14.3. The lowest BCUT2D eigenvalue weighted by Crippen LogP contribution is -2.14. The summed E-state index contributed by atoms with van der Waals surface area (Å²) < 4.78 is 39.9. The molecule has 8 heteroatoms. The van der Waals surface area contributed by atoms with Gasteiger partial charge in [0.15, 0.2) is 11.5 Å². The molecule has 2 rings (SSSR count). The van der Waals surface area contributed by atoms with E-state index in [9.17, 15) is 13.2 Å². The lowest BCUT2D eigenvalue weighted by molar-refractivity contribution is -0.141. The van der Waals surface area contributed by atoms with Crippen molar-refractivity contribution in [3.05, 3.63) is 28.7 Å². The van der Waals surface area contributed by atoms with Crippen LogP contribution < -0.4 is 5.32 Å². The Morgan fingerprint density at radius 3 is 2.25 bits per heavy atom. The smallest absolute Gasteiger partial charge is 0.357 e. The van der Waals surface area contributed by atoms with E-state index in [1.807, 2.05) is 6.92 Å². The van der Waals surface area contributed by atoms with Crippen LogP contribution in [0.5, 0.6) is 0 Å². The number of halogens is 3. The van der Waals surface area contributed by atoms with Crippen molar-refractivity contribution in [1.29, 1.82) is 0 Å². The van der Waals surface area contributed by atoms with Crippen LogP contribution in [0.4, 0.5) is 19.1 Å². The minimum atomic E-state index is -4.53. The van der Waals surface area contributed by atoms with E-state index in [1.54, 1.807) is 13.8 Å². The lowest BCUT2D eigenvalue weighted by Gasteiger charge is -2.11. The monoisotopic (exact) mass is 285 g/mol. The van der Waals surface area contributed by atoms with Crippen LogP contribution in [-0.4, -0.2) is 26.8 Å². The van der Waals surface area contributed by atoms with Crippen LogP contribution in [0.3, 0.4) is 0 Å². The van der Waals surface area contributed by atoms with Crippen LogP contribution in [0, 0.1) is 20.8 Å². The van der Waals surface area contributed by atoms with E-state index in [0.717, 1.165) is 23.0 Å². The summed E-state index contributed by atoms with van der Waals surface area (Å²) in [6.45, 7) is 5.44. The third-order valence-electron chi connectivity index (χ3n) is 3.10. The predicted molar refractivity (Wildman–Crippen MR) is 67.9 cm³/mol. The molecule has 0 spiro atoms. The number of aryl methyl sites for hydroxylation is 1. The molecule has 2 heterocycles. The van der Waals surface area contributed by atoms with Crippen LogP contribution in [0.15, 0.2) is 6.07 Å². The number of aromatic nitrogens is 4. The molecule has 0 bridgehead atoms. The zero-order chi connectivity index (χ0) is 15.1. The molecule has 0 atom stereocenters. The fourth-order valence-corrected chi connectivity index (χ4v) is 1.74. The Morgan fingerprint density at radius 1 is 1.15 bits per heavy atom. The maximum atomic E-state index is 12.8. The second kappa shape index (κ2) is 4.77. The zero-order valence-corrected chi connectivity index (χ0v) is 11.5. The summed E-state index contributed by atoms with van der Waals surface area (Å²) in [6, 6.07) is 0.889. The van der Waals surface area contributed by atoms with Crippen molar-refractivity contribution < 1.29 is 13.2 Å². The zero-order valence-electron chi connectivity index (χ0n) is 11.5. The molecule has 0 saturated heterocycles. The predicted octanol–water partition coefficient (Wildman–Crippen LogP) is 2.65. The topological polar surface area (TPSA) is 55.6 Å². The Hall–Kier alpha value is -2.12. The number of nitrogens with zero attached hydrogens (tertiary/aromatic N) is 4. The van der Waals surface area contributed by atoms with Gasteiger partial charge in [0.25, 0.3) is 0 Å². The van der Waals surface area contributed by atoms with E-state index in [4.69, 9.17) is 0 Å². The Labute approximate surface area is 113 Å². The molecule has 0 aliphatic heterocycles. The van der Waals surface area contributed by atoms with Gasteiger partial charge in [-0.05, 0) is 26.3 Å². The van der Waals surface area contributed by atoms with Crippen LogP contribution in [0.25, 0.3) is 5.82 Å². The van der Waals surface area contributed by atoms with Crippen LogP contribution in [0.1, 0.15) is 22.6 Å². The average Bonchev–Trinajstić information content (AvgIpc) is 2.65. The van der Waals surface area contributed by atoms with Crippen LogP contribution >= 0.6 is 0 Å². The quantitative estimate of drug-likeness (QED) is 0.921. The highest BCUT2D eigenvalue weighted by Crippen LogP contribution is 2.29. The first-order valence-corrected chi connectivity index (χ1v) is 5.91. The number of nitrogens with one attached hydrogen (secondary N) is 1. The highest BCUT2D eigenvalue weighted by atomic mass is 19.4. The van der Waals surface area contributed by atoms with E-state index in [-0.39, 0.29) is 11.8 Å².